The van der Waals surface area contributed by atoms with E-state index in [0.29, 0.717) is 53.5 Å². The fraction of sp³-hybridized carbons (Fsp3) is 0.357. The molecule has 0 fully saturated rings. The molecule has 1 aliphatic rings. The number of nitrogens with zero attached hydrogens (tertiary/aromatic N) is 5. The van der Waals surface area contributed by atoms with Gasteiger partial charge < -0.3 is 23.5 Å². The lowest BCUT2D eigenvalue weighted by molar-refractivity contribution is -0.142. The zero-order valence-electron chi connectivity index (χ0n) is 22.3. The summed E-state index contributed by atoms with van der Waals surface area (Å²) >= 11 is 6.35. The Labute approximate surface area is 235 Å². The number of ether oxygens (including phenoxy) is 4. The molecule has 0 spiro atoms. The van der Waals surface area contributed by atoms with Crippen LogP contribution in [0.3, 0.4) is 0 Å². The predicted molar refractivity (Wildman–Crippen MR) is 143 cm³/mol. The van der Waals surface area contributed by atoms with Gasteiger partial charge in [0.05, 0.1) is 38.3 Å². The number of aryl methyl sites for hydroxylation is 1. The molecule has 0 amide bonds. The van der Waals surface area contributed by atoms with Gasteiger partial charge in [0.2, 0.25) is 0 Å². The standard InChI is InChI=1S/C28H29ClFN5O5/c1-4-39-25(36)16-24-31-32-33-35(24)13-7-11-22-21-9-6-12-34(21)26-19(14-17(29)15-20(26)30)27(40-22)18-8-5-10-23(37-2)28(18)38-3/h5-6,8-10,12,14-15,22,27H,4,7,11,13,16H2,1-3H3/t22-,27-/m1/s1. The Balaban J connectivity index is 1.49. The second-order valence-electron chi connectivity index (χ2n) is 9.16. The number of hydrogen-bond acceptors (Lipinski definition) is 8. The molecule has 0 bridgehead atoms. The van der Waals surface area contributed by atoms with E-state index in [4.69, 9.17) is 30.5 Å². The molecule has 0 saturated heterocycles. The van der Waals surface area contributed by atoms with E-state index in [9.17, 15) is 4.79 Å². The average Bonchev–Trinajstić information content (AvgIpc) is 3.57. The first-order chi connectivity index (χ1) is 19.4. The zero-order chi connectivity index (χ0) is 28.2. The number of halogens is 2. The highest BCUT2D eigenvalue weighted by atomic mass is 35.5. The summed E-state index contributed by atoms with van der Waals surface area (Å²) in [6.45, 7) is 2.48. The number of para-hydroxylation sites is 1. The van der Waals surface area contributed by atoms with Crippen LogP contribution in [-0.4, -0.2) is 51.6 Å². The molecule has 40 heavy (non-hydrogen) atoms. The third-order valence-corrected chi connectivity index (χ3v) is 6.98. The third kappa shape index (κ3) is 5.39. The summed E-state index contributed by atoms with van der Waals surface area (Å²) in [7, 11) is 3.11. The SMILES string of the molecule is CCOC(=O)Cc1nnnn1CCC[C@H]1O[C@H](c2cccc(OC)c2OC)c2cc(Cl)cc(F)c2-n2cccc21. The van der Waals surface area contributed by atoms with E-state index in [-0.39, 0.29) is 18.1 Å². The van der Waals surface area contributed by atoms with Crippen LogP contribution >= 0.6 is 11.6 Å². The first-order valence-electron chi connectivity index (χ1n) is 12.9. The largest absolute Gasteiger partial charge is 0.493 e. The first kappa shape index (κ1) is 27.6. The van der Waals surface area contributed by atoms with Crippen molar-refractivity contribution >= 4 is 17.6 Å². The summed E-state index contributed by atoms with van der Waals surface area (Å²) in [4.78, 5) is 11.9. The highest BCUT2D eigenvalue weighted by Gasteiger charge is 2.34. The van der Waals surface area contributed by atoms with Crippen molar-refractivity contribution in [3.05, 3.63) is 82.1 Å². The summed E-state index contributed by atoms with van der Waals surface area (Å²) in [5, 5.41) is 12.0. The van der Waals surface area contributed by atoms with Gasteiger partial charge in [-0.15, -0.1) is 5.10 Å². The second kappa shape index (κ2) is 12.1. The number of carbonyl (C=O) groups is 1. The molecule has 0 aliphatic carbocycles. The van der Waals surface area contributed by atoms with Gasteiger partial charge in [-0.25, -0.2) is 9.07 Å². The average molecular weight is 570 g/mol. The van der Waals surface area contributed by atoms with Crippen LogP contribution in [-0.2, 0) is 27.2 Å². The van der Waals surface area contributed by atoms with Crippen LogP contribution in [0.25, 0.3) is 5.69 Å². The summed E-state index contributed by atoms with van der Waals surface area (Å²) in [5.41, 5.74) is 2.39. The van der Waals surface area contributed by atoms with Crippen LogP contribution in [0.4, 0.5) is 4.39 Å². The zero-order valence-corrected chi connectivity index (χ0v) is 23.1. The second-order valence-corrected chi connectivity index (χ2v) is 9.59. The molecule has 0 N–H and O–H groups in total. The van der Waals surface area contributed by atoms with Crippen molar-refractivity contribution in [2.24, 2.45) is 0 Å². The molecule has 4 aromatic rings. The topological polar surface area (TPSA) is 103 Å². The Bertz CT molecular complexity index is 1510. The van der Waals surface area contributed by atoms with E-state index >= 15 is 4.39 Å². The van der Waals surface area contributed by atoms with Crippen molar-refractivity contribution in [2.45, 2.75) is 44.9 Å². The molecular formula is C28H29ClFN5O5. The smallest absolute Gasteiger partial charge is 0.313 e. The molecule has 2 aromatic heterocycles. The van der Waals surface area contributed by atoms with E-state index in [1.165, 1.54) is 6.07 Å². The molecule has 210 valence electrons. The van der Waals surface area contributed by atoms with Crippen LogP contribution in [0.2, 0.25) is 5.02 Å². The number of carbonyl (C=O) groups excluding carboxylic acids is 1. The van der Waals surface area contributed by atoms with Crippen LogP contribution in [0.15, 0.2) is 48.7 Å². The first-order valence-corrected chi connectivity index (χ1v) is 13.3. The van der Waals surface area contributed by atoms with Crippen molar-refractivity contribution in [2.75, 3.05) is 20.8 Å². The Morgan fingerprint density at radius 1 is 1.15 bits per heavy atom. The Morgan fingerprint density at radius 3 is 2.77 bits per heavy atom. The molecule has 2 atom stereocenters. The fourth-order valence-corrected chi connectivity index (χ4v) is 5.29. The van der Waals surface area contributed by atoms with E-state index in [1.807, 2.05) is 35.0 Å². The van der Waals surface area contributed by atoms with Gasteiger partial charge in [-0.05, 0) is 60.5 Å². The number of hydrogen-bond donors (Lipinski definition) is 0. The van der Waals surface area contributed by atoms with Gasteiger partial charge in [0.1, 0.15) is 18.3 Å². The highest BCUT2D eigenvalue weighted by Crippen LogP contribution is 2.47. The van der Waals surface area contributed by atoms with E-state index in [1.54, 1.807) is 38.0 Å². The molecular weight excluding hydrogens is 541 g/mol. The number of tetrazole rings is 1. The van der Waals surface area contributed by atoms with Gasteiger partial charge in [-0.3, -0.25) is 4.79 Å². The molecule has 0 unspecified atom stereocenters. The molecule has 0 saturated carbocycles. The number of esters is 1. The molecule has 10 nitrogen and oxygen atoms in total. The maximum absolute atomic E-state index is 15.6. The van der Waals surface area contributed by atoms with Gasteiger partial charge in [-0.2, -0.15) is 0 Å². The van der Waals surface area contributed by atoms with Gasteiger partial charge >= 0.3 is 5.97 Å². The number of methoxy groups -OCH3 is 2. The quantitative estimate of drug-likeness (QED) is 0.245. The fourth-order valence-electron chi connectivity index (χ4n) is 5.07. The van der Waals surface area contributed by atoms with Crippen molar-refractivity contribution < 1.29 is 28.1 Å². The summed E-state index contributed by atoms with van der Waals surface area (Å²) in [5.74, 6) is 0.585. The minimum absolute atomic E-state index is 0.0172. The predicted octanol–water partition coefficient (Wildman–Crippen LogP) is 5.02. The maximum Gasteiger partial charge on any atom is 0.313 e. The van der Waals surface area contributed by atoms with Gasteiger partial charge in [0.25, 0.3) is 0 Å². The minimum Gasteiger partial charge on any atom is -0.493 e. The Morgan fingerprint density at radius 2 is 2.00 bits per heavy atom. The number of benzene rings is 2. The Kier molecular flexibility index (Phi) is 8.32. The summed E-state index contributed by atoms with van der Waals surface area (Å²) in [6.07, 6.45) is 1.80. The van der Waals surface area contributed by atoms with E-state index in [2.05, 4.69) is 15.5 Å². The van der Waals surface area contributed by atoms with E-state index in [0.717, 1.165) is 5.69 Å². The molecule has 5 rings (SSSR count). The van der Waals surface area contributed by atoms with Crippen molar-refractivity contribution in [3.63, 3.8) is 0 Å². The van der Waals surface area contributed by atoms with Gasteiger partial charge in [0, 0.05) is 28.9 Å². The highest BCUT2D eigenvalue weighted by molar-refractivity contribution is 6.30. The normalized spacial score (nSPS) is 16.1. The minimum atomic E-state index is -0.717. The van der Waals surface area contributed by atoms with Crippen LogP contribution < -0.4 is 9.47 Å². The van der Waals surface area contributed by atoms with Crippen LogP contribution in [0.1, 0.15) is 54.6 Å². The van der Waals surface area contributed by atoms with E-state index < -0.39 is 24.0 Å². The number of fused-ring (bicyclic) bond motifs is 3. The molecule has 2 aromatic carbocycles. The third-order valence-electron chi connectivity index (χ3n) is 6.76. The lowest BCUT2D eigenvalue weighted by atomic mass is 9.98. The molecule has 0 radical (unpaired) electrons. The van der Waals surface area contributed by atoms with Crippen LogP contribution in [0, 0.1) is 5.82 Å². The van der Waals surface area contributed by atoms with Crippen molar-refractivity contribution in [3.8, 4) is 17.2 Å². The summed E-state index contributed by atoms with van der Waals surface area (Å²) in [6, 6.07) is 12.3. The van der Waals surface area contributed by atoms with Crippen molar-refractivity contribution in [1.29, 1.82) is 0 Å². The van der Waals surface area contributed by atoms with Crippen LogP contribution in [0.5, 0.6) is 11.5 Å². The lowest BCUT2D eigenvalue weighted by Gasteiger charge is -2.25. The molecule has 3 heterocycles. The number of rotatable bonds is 10. The Hall–Kier alpha value is -3.96. The summed E-state index contributed by atoms with van der Waals surface area (Å²) < 4.78 is 42.0. The monoisotopic (exact) mass is 569 g/mol. The molecule has 12 heteroatoms. The molecule has 1 aliphatic heterocycles. The van der Waals surface area contributed by atoms with Crippen molar-refractivity contribution in [1.82, 2.24) is 24.8 Å². The van der Waals surface area contributed by atoms with Gasteiger partial charge in [-0.1, -0.05) is 23.7 Å². The lowest BCUT2D eigenvalue weighted by Crippen LogP contribution is -2.15. The number of aromatic nitrogens is 5. The van der Waals surface area contributed by atoms with Gasteiger partial charge in [0.15, 0.2) is 17.3 Å². The maximum atomic E-state index is 15.6.